The van der Waals surface area contributed by atoms with Crippen molar-refractivity contribution in [3.63, 3.8) is 0 Å². The van der Waals surface area contributed by atoms with E-state index in [9.17, 15) is 13.6 Å². The molecule has 0 spiro atoms. The lowest BCUT2D eigenvalue weighted by Gasteiger charge is -2.26. The fourth-order valence-electron chi connectivity index (χ4n) is 5.94. The number of aromatic nitrogens is 7. The van der Waals surface area contributed by atoms with Crippen LogP contribution in [0.2, 0.25) is 5.02 Å². The summed E-state index contributed by atoms with van der Waals surface area (Å²) in [6.45, 7) is 2.04. The zero-order chi connectivity index (χ0) is 33.2. The summed E-state index contributed by atoms with van der Waals surface area (Å²) in [5.41, 5.74) is 1.64. The molecule has 4 heterocycles. The lowest BCUT2D eigenvalue weighted by molar-refractivity contribution is -0.0498. The third-order valence-electron chi connectivity index (χ3n) is 8.12. The molecule has 15 heteroatoms. The van der Waals surface area contributed by atoms with E-state index in [2.05, 4.69) is 30.0 Å². The van der Waals surface area contributed by atoms with Gasteiger partial charge in [0.2, 0.25) is 5.78 Å². The van der Waals surface area contributed by atoms with E-state index in [1.807, 2.05) is 15.9 Å². The second kappa shape index (κ2) is 13.9. The number of likely N-dealkylation sites (tertiary alicyclic amines) is 1. The van der Waals surface area contributed by atoms with E-state index >= 15 is 0 Å². The van der Waals surface area contributed by atoms with Gasteiger partial charge in [0.1, 0.15) is 17.3 Å². The van der Waals surface area contributed by atoms with Crippen LogP contribution in [0.15, 0.2) is 76.7 Å². The molecule has 0 N–H and O–H groups in total. The second-order valence-electron chi connectivity index (χ2n) is 11.2. The summed E-state index contributed by atoms with van der Waals surface area (Å²) in [7, 11) is 0. The quantitative estimate of drug-likeness (QED) is 0.140. The van der Waals surface area contributed by atoms with Crippen molar-refractivity contribution in [2.75, 3.05) is 19.7 Å². The molecule has 6 aromatic rings. The van der Waals surface area contributed by atoms with Crippen LogP contribution in [0.3, 0.4) is 0 Å². The first-order chi connectivity index (χ1) is 23.4. The molecule has 3 aromatic heterocycles. The van der Waals surface area contributed by atoms with E-state index in [1.54, 1.807) is 54.6 Å². The Labute approximate surface area is 283 Å². The molecular weight excluding hydrogens is 662 g/mol. The van der Waals surface area contributed by atoms with Gasteiger partial charge in [-0.05, 0) is 99.6 Å². The zero-order valence-corrected chi connectivity index (χ0v) is 27.5. The molecule has 48 heavy (non-hydrogen) atoms. The highest BCUT2D eigenvalue weighted by molar-refractivity contribution is 7.98. The fourth-order valence-corrected chi connectivity index (χ4v) is 6.99. The van der Waals surface area contributed by atoms with Gasteiger partial charge in [-0.25, -0.2) is 4.57 Å². The maximum Gasteiger partial charge on any atom is 0.387 e. The topological polar surface area (TPSA) is 105 Å². The first kappa shape index (κ1) is 32.0. The van der Waals surface area contributed by atoms with Gasteiger partial charge in [-0.1, -0.05) is 29.8 Å². The number of benzene rings is 3. The Morgan fingerprint density at radius 1 is 0.854 bits per heavy atom. The van der Waals surface area contributed by atoms with Crippen molar-refractivity contribution in [1.29, 1.82) is 0 Å². The number of alkyl halides is 2. The molecule has 1 saturated heterocycles. The number of halogens is 3. The first-order valence-electron chi connectivity index (χ1n) is 15.6. The second-order valence-corrected chi connectivity index (χ2v) is 12.6. The van der Waals surface area contributed by atoms with Crippen LogP contribution in [0, 0.1) is 0 Å². The molecular formula is C33H31ClF2N8O3S. The summed E-state index contributed by atoms with van der Waals surface area (Å²) >= 11 is 7.82. The van der Waals surface area contributed by atoms with Gasteiger partial charge in [0.15, 0.2) is 11.0 Å². The number of nitrogens with zero attached hydrogens (tertiary/aromatic N) is 8. The molecule has 7 rings (SSSR count). The van der Waals surface area contributed by atoms with Gasteiger partial charge in [-0.2, -0.15) is 8.78 Å². The lowest BCUT2D eigenvalue weighted by Crippen LogP contribution is -2.30. The Morgan fingerprint density at radius 3 is 2.25 bits per heavy atom. The van der Waals surface area contributed by atoms with Crippen molar-refractivity contribution in [3.8, 4) is 22.9 Å². The number of fused-ring (bicyclic) bond motifs is 3. The van der Waals surface area contributed by atoms with E-state index in [-0.39, 0.29) is 11.3 Å². The molecule has 0 amide bonds. The molecule has 0 aliphatic carbocycles. The van der Waals surface area contributed by atoms with E-state index in [1.165, 1.54) is 34.9 Å². The van der Waals surface area contributed by atoms with Gasteiger partial charge in [0.05, 0.1) is 35.5 Å². The predicted octanol–water partition coefficient (Wildman–Crippen LogP) is 6.55. The minimum Gasteiger partial charge on any atom is -0.494 e. The SMILES string of the molecule is CCOc1ccc(-n2c(=O)c3ccc(Cl)cc3n3c(CSc4nnc(CN5CCCCC5)n4-c4ccc(OC(F)F)cc4)nnc23)cc1. The van der Waals surface area contributed by atoms with Crippen molar-refractivity contribution in [1.82, 2.24) is 38.8 Å². The Bertz CT molecular complexity index is 2110. The standard InChI is InChI=1S/C33H31ClF2N8O3S/c1-2-46-24-11-7-23(8-12-24)43-30(45)26-15-6-21(34)18-27(26)44-29(38-39-32(43)44)20-48-33-40-37-28(19-41-16-4-3-5-17-41)42(33)22-9-13-25(14-10-22)47-31(35)36/h6-15,18,31H,2-5,16-17,19-20H2,1H3. The maximum atomic E-state index is 13.8. The van der Waals surface area contributed by atoms with Crippen LogP contribution in [-0.4, -0.2) is 65.1 Å². The summed E-state index contributed by atoms with van der Waals surface area (Å²) in [5, 5.41) is 19.6. The van der Waals surface area contributed by atoms with Crippen molar-refractivity contribution in [3.05, 3.63) is 93.8 Å². The molecule has 11 nitrogen and oxygen atoms in total. The summed E-state index contributed by atoms with van der Waals surface area (Å²) in [6.07, 6.45) is 3.44. The van der Waals surface area contributed by atoms with Crippen LogP contribution in [0.4, 0.5) is 8.78 Å². The number of piperidine rings is 1. The van der Waals surface area contributed by atoms with Crippen molar-refractivity contribution in [2.24, 2.45) is 0 Å². The molecule has 0 unspecified atom stereocenters. The van der Waals surface area contributed by atoms with Crippen LogP contribution in [0.1, 0.15) is 37.8 Å². The van der Waals surface area contributed by atoms with Crippen LogP contribution < -0.4 is 15.0 Å². The van der Waals surface area contributed by atoms with Crippen LogP contribution in [0.5, 0.6) is 11.5 Å². The minimum absolute atomic E-state index is 0.0626. The minimum atomic E-state index is -2.92. The Morgan fingerprint density at radius 2 is 1.54 bits per heavy atom. The number of hydrogen-bond acceptors (Lipinski definition) is 9. The zero-order valence-electron chi connectivity index (χ0n) is 25.9. The average Bonchev–Trinajstić information content (AvgIpc) is 3.69. The molecule has 3 aromatic carbocycles. The molecule has 1 fully saturated rings. The van der Waals surface area contributed by atoms with Crippen molar-refractivity contribution >= 4 is 40.0 Å². The smallest absolute Gasteiger partial charge is 0.387 e. The molecule has 0 atom stereocenters. The van der Waals surface area contributed by atoms with E-state index < -0.39 is 6.61 Å². The third-order valence-corrected chi connectivity index (χ3v) is 9.28. The maximum absolute atomic E-state index is 13.8. The highest BCUT2D eigenvalue weighted by Gasteiger charge is 2.22. The van der Waals surface area contributed by atoms with Crippen LogP contribution in [0.25, 0.3) is 28.1 Å². The van der Waals surface area contributed by atoms with Crippen molar-refractivity contribution in [2.45, 2.75) is 50.3 Å². The number of rotatable bonds is 11. The molecule has 0 bridgehead atoms. The number of thioether (sulfide) groups is 1. The molecule has 1 aliphatic heterocycles. The normalized spacial score (nSPS) is 13.9. The van der Waals surface area contributed by atoms with Gasteiger partial charge >= 0.3 is 6.61 Å². The molecule has 1 aliphatic rings. The fraction of sp³-hybridized carbons (Fsp3) is 0.303. The summed E-state index contributed by atoms with van der Waals surface area (Å²) < 4.78 is 41.1. The van der Waals surface area contributed by atoms with Gasteiger partial charge in [0, 0.05) is 10.7 Å². The third kappa shape index (κ3) is 6.47. The first-order valence-corrected chi connectivity index (χ1v) is 16.9. The van der Waals surface area contributed by atoms with Crippen molar-refractivity contribution < 1.29 is 18.3 Å². The van der Waals surface area contributed by atoms with Crippen LogP contribution in [-0.2, 0) is 12.3 Å². The summed E-state index contributed by atoms with van der Waals surface area (Å²) in [5.74, 6) is 2.70. The number of ether oxygens (including phenoxy) is 2. The van der Waals surface area contributed by atoms with E-state index in [0.29, 0.717) is 68.7 Å². The molecule has 0 radical (unpaired) electrons. The van der Waals surface area contributed by atoms with Gasteiger partial charge in [0.25, 0.3) is 5.56 Å². The molecule has 0 saturated carbocycles. The van der Waals surface area contributed by atoms with Gasteiger partial charge in [-0.3, -0.25) is 18.7 Å². The Hall–Kier alpha value is -4.53. The van der Waals surface area contributed by atoms with Crippen LogP contribution >= 0.6 is 23.4 Å². The molecule has 248 valence electrons. The Kier molecular flexibility index (Phi) is 9.28. The highest BCUT2D eigenvalue weighted by Crippen LogP contribution is 2.29. The Balaban J connectivity index is 1.28. The predicted molar refractivity (Wildman–Crippen MR) is 179 cm³/mol. The summed E-state index contributed by atoms with van der Waals surface area (Å²) in [4.78, 5) is 16.2. The average molecular weight is 693 g/mol. The monoisotopic (exact) mass is 692 g/mol. The van der Waals surface area contributed by atoms with E-state index in [4.69, 9.17) is 16.3 Å². The van der Waals surface area contributed by atoms with Gasteiger partial charge < -0.3 is 9.47 Å². The highest BCUT2D eigenvalue weighted by atomic mass is 35.5. The lowest BCUT2D eigenvalue weighted by atomic mass is 10.1. The largest absolute Gasteiger partial charge is 0.494 e. The van der Waals surface area contributed by atoms with Gasteiger partial charge in [-0.15, -0.1) is 20.4 Å². The number of hydrogen-bond donors (Lipinski definition) is 0. The summed E-state index contributed by atoms with van der Waals surface area (Å²) in [6, 6.07) is 18.8. The van der Waals surface area contributed by atoms with E-state index in [0.717, 1.165) is 31.8 Å².